The number of halogens is 1. The Morgan fingerprint density at radius 1 is 0.767 bits per heavy atom. The first-order valence-corrected chi connectivity index (χ1v) is 9.98. The summed E-state index contributed by atoms with van der Waals surface area (Å²) < 4.78 is 10.4. The number of urea groups is 1. The number of methoxy groups -OCH3 is 2. The number of benzene rings is 3. The molecule has 3 aromatic carbocycles. The van der Waals surface area contributed by atoms with Crippen molar-refractivity contribution >= 4 is 17.6 Å². The van der Waals surface area contributed by atoms with Crippen LogP contribution in [0.1, 0.15) is 16.7 Å². The molecule has 0 heterocycles. The summed E-state index contributed by atoms with van der Waals surface area (Å²) in [6.45, 7) is 1.38. The zero-order chi connectivity index (χ0) is 21.3. The maximum atomic E-state index is 13.0. The summed E-state index contributed by atoms with van der Waals surface area (Å²) in [5.41, 5.74) is 3.03. The van der Waals surface area contributed by atoms with Gasteiger partial charge in [-0.25, -0.2) is 4.79 Å². The second-order valence-electron chi connectivity index (χ2n) is 6.84. The van der Waals surface area contributed by atoms with E-state index in [0.29, 0.717) is 24.7 Å². The normalized spacial score (nSPS) is 10.4. The maximum Gasteiger partial charge on any atom is 0.318 e. The molecule has 0 saturated carbocycles. The first kappa shape index (κ1) is 21.5. The van der Waals surface area contributed by atoms with Crippen molar-refractivity contribution < 1.29 is 14.3 Å². The van der Waals surface area contributed by atoms with Gasteiger partial charge < -0.3 is 19.7 Å². The van der Waals surface area contributed by atoms with Crippen molar-refractivity contribution in [3.05, 3.63) is 94.5 Å². The van der Waals surface area contributed by atoms with Crippen LogP contribution in [0.4, 0.5) is 4.79 Å². The largest absolute Gasteiger partial charge is 0.497 e. The van der Waals surface area contributed by atoms with E-state index >= 15 is 0 Å². The van der Waals surface area contributed by atoms with E-state index in [-0.39, 0.29) is 6.03 Å². The van der Waals surface area contributed by atoms with Crippen molar-refractivity contribution in [1.82, 2.24) is 10.2 Å². The van der Waals surface area contributed by atoms with E-state index in [9.17, 15) is 4.79 Å². The minimum atomic E-state index is -0.142. The molecule has 3 rings (SSSR count). The zero-order valence-electron chi connectivity index (χ0n) is 17.1. The highest BCUT2D eigenvalue weighted by molar-refractivity contribution is 6.30. The van der Waals surface area contributed by atoms with Crippen molar-refractivity contribution in [3.8, 4) is 11.5 Å². The quantitative estimate of drug-likeness (QED) is 0.536. The molecule has 0 aromatic heterocycles. The third kappa shape index (κ3) is 6.16. The van der Waals surface area contributed by atoms with Gasteiger partial charge in [-0.15, -0.1) is 0 Å². The van der Waals surface area contributed by atoms with Gasteiger partial charge in [0.2, 0.25) is 0 Å². The molecule has 0 bridgehead atoms. The summed E-state index contributed by atoms with van der Waals surface area (Å²) >= 11 is 5.94. The molecular formula is C24H25ClN2O3. The molecule has 1 N–H and O–H groups in total. The fourth-order valence-electron chi connectivity index (χ4n) is 2.99. The lowest BCUT2D eigenvalue weighted by atomic mass is 10.1. The smallest absolute Gasteiger partial charge is 0.318 e. The Hall–Kier alpha value is -3.18. The first-order valence-electron chi connectivity index (χ1n) is 9.60. The average molecular weight is 425 g/mol. The Balaban J connectivity index is 1.72. The van der Waals surface area contributed by atoms with E-state index in [4.69, 9.17) is 21.1 Å². The van der Waals surface area contributed by atoms with Gasteiger partial charge in [-0.3, -0.25) is 0 Å². The second kappa shape index (κ2) is 10.6. The predicted octanol–water partition coefficient (Wildman–Crippen LogP) is 5.27. The number of nitrogens with zero attached hydrogens (tertiary/aromatic N) is 1. The number of ether oxygens (including phenoxy) is 2. The van der Waals surface area contributed by atoms with E-state index in [1.807, 2.05) is 72.8 Å². The number of rotatable bonds is 8. The molecule has 0 radical (unpaired) electrons. The summed E-state index contributed by atoms with van der Waals surface area (Å²) in [5, 5.41) is 3.67. The first-order chi connectivity index (χ1) is 14.6. The topological polar surface area (TPSA) is 50.8 Å². The minimum absolute atomic E-state index is 0.142. The minimum Gasteiger partial charge on any atom is -0.497 e. The third-order valence-electron chi connectivity index (χ3n) is 4.71. The highest BCUT2D eigenvalue weighted by atomic mass is 35.5. The fourth-order valence-corrected chi connectivity index (χ4v) is 3.12. The molecule has 30 heavy (non-hydrogen) atoms. The molecule has 0 aliphatic rings. The van der Waals surface area contributed by atoms with Crippen LogP contribution in [0.2, 0.25) is 5.02 Å². The van der Waals surface area contributed by atoms with Gasteiger partial charge in [0.15, 0.2) is 0 Å². The number of carbonyl (C=O) groups is 1. The van der Waals surface area contributed by atoms with Gasteiger partial charge in [0.25, 0.3) is 0 Å². The van der Waals surface area contributed by atoms with Crippen molar-refractivity contribution in [1.29, 1.82) is 0 Å². The fraction of sp³-hybridized carbons (Fsp3) is 0.208. The van der Waals surface area contributed by atoms with Crippen LogP contribution in [0.3, 0.4) is 0 Å². The van der Waals surface area contributed by atoms with Gasteiger partial charge in [-0.05, 0) is 53.1 Å². The number of nitrogens with one attached hydrogen (secondary N) is 1. The monoisotopic (exact) mass is 424 g/mol. The summed E-state index contributed by atoms with van der Waals surface area (Å²) in [4.78, 5) is 14.8. The Labute approximate surface area is 182 Å². The molecule has 0 atom stereocenters. The van der Waals surface area contributed by atoms with Crippen LogP contribution in [-0.2, 0) is 19.6 Å². The molecule has 0 unspecified atom stereocenters. The third-order valence-corrected chi connectivity index (χ3v) is 4.96. The molecule has 2 amide bonds. The Morgan fingerprint density at radius 2 is 1.20 bits per heavy atom. The van der Waals surface area contributed by atoms with E-state index in [2.05, 4.69) is 5.32 Å². The van der Waals surface area contributed by atoms with Crippen molar-refractivity contribution in [2.75, 3.05) is 14.2 Å². The van der Waals surface area contributed by atoms with Crippen molar-refractivity contribution in [2.24, 2.45) is 0 Å². The Morgan fingerprint density at radius 3 is 1.63 bits per heavy atom. The van der Waals surface area contributed by atoms with Crippen LogP contribution in [0, 0.1) is 0 Å². The van der Waals surface area contributed by atoms with E-state index in [1.54, 1.807) is 19.1 Å². The molecule has 156 valence electrons. The van der Waals surface area contributed by atoms with Crippen LogP contribution in [0.15, 0.2) is 72.8 Å². The van der Waals surface area contributed by atoms with E-state index in [0.717, 1.165) is 28.2 Å². The molecule has 6 heteroatoms. The van der Waals surface area contributed by atoms with E-state index < -0.39 is 0 Å². The van der Waals surface area contributed by atoms with Gasteiger partial charge in [0, 0.05) is 24.7 Å². The lowest BCUT2D eigenvalue weighted by Gasteiger charge is -2.24. The van der Waals surface area contributed by atoms with Crippen LogP contribution < -0.4 is 14.8 Å². The summed E-state index contributed by atoms with van der Waals surface area (Å²) in [6.07, 6.45) is 0. The number of amides is 2. The molecule has 0 fully saturated rings. The highest BCUT2D eigenvalue weighted by Gasteiger charge is 2.15. The lowest BCUT2D eigenvalue weighted by Crippen LogP contribution is -2.38. The maximum absolute atomic E-state index is 13.0. The number of hydrogen-bond acceptors (Lipinski definition) is 3. The van der Waals surface area contributed by atoms with E-state index in [1.165, 1.54) is 0 Å². The van der Waals surface area contributed by atoms with Crippen molar-refractivity contribution in [2.45, 2.75) is 19.6 Å². The van der Waals surface area contributed by atoms with Crippen LogP contribution >= 0.6 is 11.6 Å². The molecule has 0 saturated heterocycles. The van der Waals surface area contributed by atoms with Crippen molar-refractivity contribution in [3.63, 3.8) is 0 Å². The SMILES string of the molecule is COc1ccc(CN(Cc2ccc(OC)cc2)C(=O)NCc2ccc(Cl)cc2)cc1. The zero-order valence-corrected chi connectivity index (χ0v) is 17.9. The van der Waals surface area contributed by atoms with Gasteiger partial charge in [0.05, 0.1) is 14.2 Å². The van der Waals surface area contributed by atoms with Gasteiger partial charge in [-0.2, -0.15) is 0 Å². The average Bonchev–Trinajstić information content (AvgIpc) is 2.79. The molecule has 0 spiro atoms. The predicted molar refractivity (Wildman–Crippen MR) is 119 cm³/mol. The Kier molecular flexibility index (Phi) is 7.57. The molecular weight excluding hydrogens is 400 g/mol. The number of hydrogen-bond donors (Lipinski definition) is 1. The highest BCUT2D eigenvalue weighted by Crippen LogP contribution is 2.17. The van der Waals surface area contributed by atoms with Crippen LogP contribution in [-0.4, -0.2) is 25.2 Å². The number of carbonyl (C=O) groups excluding carboxylic acids is 1. The van der Waals surface area contributed by atoms with Gasteiger partial charge in [-0.1, -0.05) is 48.0 Å². The van der Waals surface area contributed by atoms with Crippen LogP contribution in [0.25, 0.3) is 0 Å². The summed E-state index contributed by atoms with van der Waals surface area (Å²) in [7, 11) is 3.27. The summed E-state index contributed by atoms with van der Waals surface area (Å²) in [5.74, 6) is 1.57. The second-order valence-corrected chi connectivity index (χ2v) is 7.27. The molecule has 3 aromatic rings. The molecule has 0 aliphatic heterocycles. The molecule has 0 aliphatic carbocycles. The lowest BCUT2D eigenvalue weighted by molar-refractivity contribution is 0.192. The van der Waals surface area contributed by atoms with Gasteiger partial charge >= 0.3 is 6.03 Å². The van der Waals surface area contributed by atoms with Crippen LogP contribution in [0.5, 0.6) is 11.5 Å². The Bertz CT molecular complexity index is 892. The summed E-state index contributed by atoms with van der Waals surface area (Å²) in [6, 6.07) is 22.7. The molecule has 5 nitrogen and oxygen atoms in total. The van der Waals surface area contributed by atoms with Gasteiger partial charge in [0.1, 0.15) is 11.5 Å². The standard InChI is InChI=1S/C24H25ClN2O3/c1-29-22-11-5-19(6-12-22)16-27(17-20-7-13-23(30-2)14-8-20)24(28)26-15-18-3-9-21(25)10-4-18/h3-14H,15-17H2,1-2H3,(H,26,28).